The Kier molecular flexibility index (Phi) is 4.74. The lowest BCUT2D eigenvalue weighted by atomic mass is 10.1. The van der Waals surface area contributed by atoms with Crippen molar-refractivity contribution in [1.82, 2.24) is 15.3 Å². The summed E-state index contributed by atoms with van der Waals surface area (Å²) in [5.41, 5.74) is 2.79. The highest BCUT2D eigenvalue weighted by Crippen LogP contribution is 2.22. The number of hydrogen-bond acceptors (Lipinski definition) is 4. The molecule has 0 unspecified atom stereocenters. The third-order valence-corrected chi connectivity index (χ3v) is 3.89. The molecule has 1 amide bonds. The van der Waals surface area contributed by atoms with Crippen LogP contribution >= 0.6 is 0 Å². The summed E-state index contributed by atoms with van der Waals surface area (Å²) in [6.45, 7) is 0.471. The molecular weight excluding hydrogens is 322 g/mol. The van der Waals surface area contributed by atoms with Crippen molar-refractivity contribution < 1.29 is 14.3 Å². The third kappa shape index (κ3) is 3.82. The van der Waals surface area contributed by atoms with Crippen molar-refractivity contribution in [2.45, 2.75) is 6.42 Å². The van der Waals surface area contributed by atoms with E-state index in [9.17, 15) is 9.59 Å². The predicted octanol–water partition coefficient (Wildman–Crippen LogP) is 1.85. The molecule has 0 radical (unpaired) electrons. The summed E-state index contributed by atoms with van der Waals surface area (Å²) in [4.78, 5) is 29.0. The van der Waals surface area contributed by atoms with Crippen LogP contribution in [0.2, 0.25) is 0 Å². The Bertz CT molecular complexity index is 936. The number of imidazole rings is 1. The second-order valence-electron chi connectivity index (χ2n) is 5.57. The zero-order valence-electron chi connectivity index (χ0n) is 14.0. The molecule has 7 heteroatoms. The Morgan fingerprint density at radius 2 is 1.68 bits per heavy atom. The maximum Gasteiger partial charge on any atom is 0.323 e. The number of carbonyl (C=O) groups is 1. The summed E-state index contributed by atoms with van der Waals surface area (Å²) in [5.74, 6) is 0.922. The van der Waals surface area contributed by atoms with Crippen LogP contribution in [0.25, 0.3) is 11.0 Å². The van der Waals surface area contributed by atoms with Gasteiger partial charge in [-0.15, -0.1) is 0 Å². The monoisotopic (exact) mass is 341 g/mol. The highest BCUT2D eigenvalue weighted by Gasteiger charge is 2.09. The number of rotatable bonds is 6. The van der Waals surface area contributed by atoms with E-state index < -0.39 is 0 Å². The van der Waals surface area contributed by atoms with Crippen molar-refractivity contribution in [3.63, 3.8) is 0 Å². The Hall–Kier alpha value is -3.22. The van der Waals surface area contributed by atoms with Crippen LogP contribution in [0, 0.1) is 0 Å². The smallest absolute Gasteiger partial charge is 0.323 e. The molecule has 130 valence electrons. The fraction of sp³-hybridized carbons (Fsp3) is 0.222. The standard InChI is InChI=1S/C18H19N3O4/c1-24-13-8-12(9-14(10-13)25-2)17(22)19-6-5-11-3-4-15-16(7-11)21-18(23)20-15/h3-4,7-10H,5-6H2,1-2H3,(H,19,22)(H2,20,21,23). The molecule has 7 nitrogen and oxygen atoms in total. The molecule has 0 saturated heterocycles. The lowest BCUT2D eigenvalue weighted by molar-refractivity contribution is 0.0953. The van der Waals surface area contributed by atoms with Crippen molar-refractivity contribution in [1.29, 1.82) is 0 Å². The summed E-state index contributed by atoms with van der Waals surface area (Å²) in [6, 6.07) is 10.7. The van der Waals surface area contributed by atoms with E-state index in [0.717, 1.165) is 16.6 Å². The number of fused-ring (bicyclic) bond motifs is 1. The van der Waals surface area contributed by atoms with Gasteiger partial charge in [0.15, 0.2) is 0 Å². The highest BCUT2D eigenvalue weighted by molar-refractivity contribution is 5.95. The fourth-order valence-electron chi connectivity index (χ4n) is 2.60. The molecule has 0 aliphatic rings. The van der Waals surface area contributed by atoms with E-state index in [4.69, 9.17) is 9.47 Å². The molecule has 3 rings (SSSR count). The van der Waals surface area contributed by atoms with Gasteiger partial charge in [0.2, 0.25) is 0 Å². The number of carbonyl (C=O) groups excluding carboxylic acids is 1. The molecule has 0 saturated carbocycles. The van der Waals surface area contributed by atoms with Crippen molar-refractivity contribution in [2.75, 3.05) is 20.8 Å². The molecule has 0 bridgehead atoms. The molecule has 1 aromatic heterocycles. The first kappa shape index (κ1) is 16.6. The van der Waals surface area contributed by atoms with Crippen LogP contribution < -0.4 is 20.5 Å². The normalized spacial score (nSPS) is 10.6. The summed E-state index contributed by atoms with van der Waals surface area (Å²) >= 11 is 0. The van der Waals surface area contributed by atoms with Crippen LogP contribution in [0.3, 0.4) is 0 Å². The number of hydrogen-bond donors (Lipinski definition) is 3. The first-order chi connectivity index (χ1) is 12.1. The largest absolute Gasteiger partial charge is 0.497 e. The van der Waals surface area contributed by atoms with Crippen LogP contribution in [0.15, 0.2) is 41.2 Å². The average molecular weight is 341 g/mol. The van der Waals surface area contributed by atoms with E-state index >= 15 is 0 Å². The Morgan fingerprint density at radius 1 is 1.00 bits per heavy atom. The van der Waals surface area contributed by atoms with E-state index in [2.05, 4.69) is 15.3 Å². The van der Waals surface area contributed by atoms with Crippen molar-refractivity contribution >= 4 is 16.9 Å². The maximum atomic E-state index is 12.3. The Morgan fingerprint density at radius 3 is 2.36 bits per heavy atom. The first-order valence-corrected chi connectivity index (χ1v) is 7.81. The predicted molar refractivity (Wildman–Crippen MR) is 94.5 cm³/mol. The molecular formula is C18H19N3O4. The van der Waals surface area contributed by atoms with Gasteiger partial charge in [-0.1, -0.05) is 6.07 Å². The van der Waals surface area contributed by atoms with Gasteiger partial charge in [0.1, 0.15) is 11.5 Å². The summed E-state index contributed by atoms with van der Waals surface area (Å²) in [6.07, 6.45) is 0.649. The Balaban J connectivity index is 1.64. The van der Waals surface area contributed by atoms with Gasteiger partial charge in [-0.05, 0) is 36.2 Å². The molecule has 1 heterocycles. The number of benzene rings is 2. The van der Waals surface area contributed by atoms with Gasteiger partial charge in [0, 0.05) is 18.2 Å². The van der Waals surface area contributed by atoms with Gasteiger partial charge in [0.25, 0.3) is 5.91 Å². The minimum absolute atomic E-state index is 0.201. The quantitative estimate of drug-likeness (QED) is 0.637. The lowest BCUT2D eigenvalue weighted by Crippen LogP contribution is -2.25. The highest BCUT2D eigenvalue weighted by atomic mass is 16.5. The number of aromatic nitrogens is 2. The van der Waals surface area contributed by atoms with Gasteiger partial charge in [0.05, 0.1) is 25.3 Å². The van der Waals surface area contributed by atoms with Gasteiger partial charge < -0.3 is 24.8 Å². The summed E-state index contributed by atoms with van der Waals surface area (Å²) in [5, 5.41) is 2.87. The number of methoxy groups -OCH3 is 2. The minimum Gasteiger partial charge on any atom is -0.497 e. The molecule has 0 spiro atoms. The van der Waals surface area contributed by atoms with E-state index in [1.54, 1.807) is 18.2 Å². The summed E-state index contributed by atoms with van der Waals surface area (Å²) in [7, 11) is 3.08. The van der Waals surface area contributed by atoms with Crippen molar-refractivity contribution in [3.8, 4) is 11.5 Å². The topological polar surface area (TPSA) is 96.2 Å². The molecule has 3 N–H and O–H groups in total. The molecule has 25 heavy (non-hydrogen) atoms. The van der Waals surface area contributed by atoms with Crippen molar-refractivity contribution in [3.05, 3.63) is 58.0 Å². The number of ether oxygens (including phenoxy) is 2. The van der Waals surface area contributed by atoms with Crippen LogP contribution in [-0.4, -0.2) is 36.6 Å². The third-order valence-electron chi connectivity index (χ3n) is 3.89. The van der Waals surface area contributed by atoms with E-state index in [-0.39, 0.29) is 11.6 Å². The van der Waals surface area contributed by atoms with Crippen LogP contribution in [0.1, 0.15) is 15.9 Å². The number of H-pyrrole nitrogens is 2. The summed E-state index contributed by atoms with van der Waals surface area (Å²) < 4.78 is 10.3. The number of nitrogens with one attached hydrogen (secondary N) is 3. The van der Waals surface area contributed by atoms with Gasteiger partial charge in [-0.3, -0.25) is 4.79 Å². The van der Waals surface area contributed by atoms with Crippen LogP contribution in [0.4, 0.5) is 0 Å². The SMILES string of the molecule is COc1cc(OC)cc(C(=O)NCCc2ccc3[nH]c(=O)[nH]c3c2)c1. The molecule has 0 fully saturated rings. The molecule has 2 aromatic carbocycles. The lowest BCUT2D eigenvalue weighted by Gasteiger charge is -2.09. The van der Waals surface area contributed by atoms with Crippen LogP contribution in [-0.2, 0) is 6.42 Å². The van der Waals surface area contributed by atoms with Gasteiger partial charge in [-0.2, -0.15) is 0 Å². The number of amides is 1. The Labute approximate surface area is 144 Å². The zero-order valence-corrected chi connectivity index (χ0v) is 14.0. The zero-order chi connectivity index (χ0) is 17.8. The molecule has 0 atom stereocenters. The second-order valence-corrected chi connectivity index (χ2v) is 5.57. The van der Waals surface area contributed by atoms with Gasteiger partial charge in [-0.25, -0.2) is 4.79 Å². The van der Waals surface area contributed by atoms with Crippen molar-refractivity contribution in [2.24, 2.45) is 0 Å². The molecule has 0 aliphatic heterocycles. The van der Waals surface area contributed by atoms with Gasteiger partial charge >= 0.3 is 5.69 Å². The maximum absolute atomic E-state index is 12.3. The number of aromatic amines is 2. The second kappa shape index (κ2) is 7.12. The van der Waals surface area contributed by atoms with E-state index in [0.29, 0.717) is 30.0 Å². The van der Waals surface area contributed by atoms with E-state index in [1.807, 2.05) is 18.2 Å². The van der Waals surface area contributed by atoms with Crippen LogP contribution in [0.5, 0.6) is 11.5 Å². The fourth-order valence-corrected chi connectivity index (χ4v) is 2.60. The minimum atomic E-state index is -0.229. The molecule has 0 aliphatic carbocycles. The first-order valence-electron chi connectivity index (χ1n) is 7.81. The molecule has 3 aromatic rings. The van der Waals surface area contributed by atoms with E-state index in [1.165, 1.54) is 14.2 Å². The average Bonchev–Trinajstić information content (AvgIpc) is 3.00.